The van der Waals surface area contributed by atoms with Crippen LogP contribution in [0.15, 0.2) is 47.5 Å². The second kappa shape index (κ2) is 5.19. The Hall–Kier alpha value is -1.97. The van der Waals surface area contributed by atoms with E-state index in [9.17, 15) is 5.11 Å². The van der Waals surface area contributed by atoms with E-state index in [1.165, 1.54) is 0 Å². The second-order valence-corrected chi connectivity index (χ2v) is 5.19. The quantitative estimate of drug-likeness (QED) is 0.648. The highest BCUT2D eigenvalue weighted by Gasteiger charge is 2.08. The predicted molar refractivity (Wildman–Crippen MR) is 83.7 cm³/mol. The van der Waals surface area contributed by atoms with Gasteiger partial charge in [-0.25, -0.2) is 0 Å². The molecule has 0 fully saturated rings. The summed E-state index contributed by atoms with van der Waals surface area (Å²) >= 11 is 11.8. The number of aromatic hydroxyl groups is 1. The first-order valence-corrected chi connectivity index (χ1v) is 6.69. The molecule has 0 saturated heterocycles. The Balaban J connectivity index is 2.04. The highest BCUT2D eigenvalue weighted by molar-refractivity contribution is 6.31. The minimum absolute atomic E-state index is 0.0630. The first-order valence-electron chi connectivity index (χ1n) is 5.93. The summed E-state index contributed by atoms with van der Waals surface area (Å²) in [6.45, 7) is 0. The highest BCUT2D eigenvalue weighted by atomic mass is 35.5. The Morgan fingerprint density at radius 1 is 1.05 bits per heavy atom. The molecular formula is C15H10Cl2N2O. The molecule has 3 nitrogen and oxygen atoms in total. The number of fused-ring (bicyclic) bond motifs is 1. The lowest BCUT2D eigenvalue weighted by Gasteiger charge is -1.95. The molecule has 0 atom stereocenters. The fourth-order valence-corrected chi connectivity index (χ4v) is 2.36. The smallest absolute Gasteiger partial charge is 0.198 e. The van der Waals surface area contributed by atoms with Crippen molar-refractivity contribution in [3.05, 3.63) is 58.1 Å². The molecule has 2 aromatic carbocycles. The van der Waals surface area contributed by atoms with E-state index in [-0.39, 0.29) is 5.88 Å². The van der Waals surface area contributed by atoms with Gasteiger partial charge in [-0.15, -0.1) is 0 Å². The summed E-state index contributed by atoms with van der Waals surface area (Å²) in [5.41, 5.74) is 2.11. The van der Waals surface area contributed by atoms with Gasteiger partial charge in [-0.2, -0.15) is 0 Å². The van der Waals surface area contributed by atoms with E-state index in [1.807, 2.05) is 18.2 Å². The molecule has 0 amide bonds. The van der Waals surface area contributed by atoms with Gasteiger partial charge in [0.2, 0.25) is 0 Å². The third-order valence-corrected chi connectivity index (χ3v) is 3.40. The normalized spacial score (nSPS) is 11.5. The van der Waals surface area contributed by atoms with Crippen molar-refractivity contribution in [2.24, 2.45) is 4.99 Å². The van der Waals surface area contributed by atoms with Gasteiger partial charge in [-0.3, -0.25) is 4.99 Å². The van der Waals surface area contributed by atoms with Crippen LogP contribution in [0.1, 0.15) is 5.56 Å². The monoisotopic (exact) mass is 304 g/mol. The first kappa shape index (κ1) is 13.0. The van der Waals surface area contributed by atoms with Gasteiger partial charge in [0.1, 0.15) is 0 Å². The van der Waals surface area contributed by atoms with Gasteiger partial charge in [0.15, 0.2) is 5.88 Å². The zero-order valence-corrected chi connectivity index (χ0v) is 11.8. The van der Waals surface area contributed by atoms with Crippen molar-refractivity contribution in [1.29, 1.82) is 0 Å². The fraction of sp³-hybridized carbons (Fsp3) is 0. The lowest BCUT2D eigenvalue weighted by Crippen LogP contribution is -1.79. The Bertz CT molecular complexity index is 809. The van der Waals surface area contributed by atoms with Crippen LogP contribution in [-0.2, 0) is 0 Å². The Labute approximate surface area is 125 Å². The maximum Gasteiger partial charge on any atom is 0.198 e. The van der Waals surface area contributed by atoms with Crippen molar-refractivity contribution in [3.63, 3.8) is 0 Å². The molecule has 0 unspecified atom stereocenters. The van der Waals surface area contributed by atoms with Crippen molar-refractivity contribution in [1.82, 2.24) is 4.98 Å². The number of halogens is 2. The summed E-state index contributed by atoms with van der Waals surface area (Å²) in [7, 11) is 0. The number of nitrogens with one attached hydrogen (secondary N) is 1. The van der Waals surface area contributed by atoms with Crippen LogP contribution in [0.25, 0.3) is 10.9 Å². The number of hydrogen-bond acceptors (Lipinski definition) is 2. The summed E-state index contributed by atoms with van der Waals surface area (Å²) in [5, 5.41) is 12.0. The minimum Gasteiger partial charge on any atom is -0.494 e. The van der Waals surface area contributed by atoms with Crippen LogP contribution in [0, 0.1) is 0 Å². The number of aromatic amines is 1. The van der Waals surface area contributed by atoms with Gasteiger partial charge < -0.3 is 10.1 Å². The van der Waals surface area contributed by atoms with Crippen LogP contribution >= 0.6 is 23.2 Å². The van der Waals surface area contributed by atoms with Crippen molar-refractivity contribution < 1.29 is 5.11 Å². The van der Waals surface area contributed by atoms with Crippen molar-refractivity contribution in [2.45, 2.75) is 0 Å². The fourth-order valence-electron chi connectivity index (χ4n) is 2.00. The number of H-pyrrole nitrogens is 1. The van der Waals surface area contributed by atoms with Crippen LogP contribution in [0.4, 0.5) is 5.69 Å². The second-order valence-electron chi connectivity index (χ2n) is 4.32. The van der Waals surface area contributed by atoms with E-state index < -0.39 is 0 Å². The molecule has 1 aromatic heterocycles. The van der Waals surface area contributed by atoms with Crippen LogP contribution < -0.4 is 0 Å². The maximum absolute atomic E-state index is 9.94. The molecule has 0 spiro atoms. The van der Waals surface area contributed by atoms with E-state index in [1.54, 1.807) is 30.5 Å². The first-order chi connectivity index (χ1) is 9.63. The number of nitrogens with zero attached hydrogens (tertiary/aromatic N) is 1. The summed E-state index contributed by atoms with van der Waals surface area (Å²) in [5.74, 6) is 0.0630. The topological polar surface area (TPSA) is 48.4 Å². The summed E-state index contributed by atoms with van der Waals surface area (Å²) in [6.07, 6.45) is 1.60. The summed E-state index contributed by atoms with van der Waals surface area (Å²) in [4.78, 5) is 7.19. The predicted octanol–water partition coefficient (Wildman–Crippen LogP) is 4.93. The Morgan fingerprint density at radius 2 is 1.85 bits per heavy atom. The Morgan fingerprint density at radius 3 is 2.65 bits per heavy atom. The summed E-state index contributed by atoms with van der Waals surface area (Å²) in [6, 6.07) is 12.6. The van der Waals surface area contributed by atoms with Gasteiger partial charge in [0, 0.05) is 21.6 Å². The third kappa shape index (κ3) is 2.50. The highest BCUT2D eigenvalue weighted by Crippen LogP contribution is 2.28. The molecule has 1 heterocycles. The zero-order valence-electron chi connectivity index (χ0n) is 10.3. The molecular weight excluding hydrogens is 295 g/mol. The largest absolute Gasteiger partial charge is 0.494 e. The van der Waals surface area contributed by atoms with Crippen molar-refractivity contribution in [2.75, 3.05) is 0 Å². The number of aromatic nitrogens is 1. The van der Waals surface area contributed by atoms with Gasteiger partial charge in [-0.1, -0.05) is 35.3 Å². The van der Waals surface area contributed by atoms with E-state index in [2.05, 4.69) is 9.98 Å². The molecule has 0 radical (unpaired) electrons. The van der Waals surface area contributed by atoms with Crippen LogP contribution in [-0.4, -0.2) is 16.3 Å². The van der Waals surface area contributed by atoms with Gasteiger partial charge in [0.05, 0.1) is 16.8 Å². The van der Waals surface area contributed by atoms with Crippen LogP contribution in [0.5, 0.6) is 5.88 Å². The molecule has 100 valence electrons. The molecule has 0 bridgehead atoms. The maximum atomic E-state index is 9.94. The molecule has 20 heavy (non-hydrogen) atoms. The number of rotatable bonds is 2. The molecule has 0 saturated carbocycles. The standard InChI is InChI=1S/C15H10Cl2N2O/c16-9-2-1-3-11(6-9)18-8-13-12-5-4-10(17)7-14(12)19-15(13)20/h1-8,19-20H. The van der Waals surface area contributed by atoms with Crippen LogP contribution in [0.3, 0.4) is 0 Å². The third-order valence-electron chi connectivity index (χ3n) is 2.93. The molecule has 3 rings (SSSR count). The summed E-state index contributed by atoms with van der Waals surface area (Å²) < 4.78 is 0. The SMILES string of the molecule is Oc1[nH]c2cc(Cl)ccc2c1C=Nc1cccc(Cl)c1. The van der Waals surface area contributed by atoms with Crippen molar-refractivity contribution >= 4 is 46.0 Å². The number of benzene rings is 2. The van der Waals surface area contributed by atoms with Crippen LogP contribution in [0.2, 0.25) is 10.0 Å². The molecule has 2 N–H and O–H groups in total. The van der Waals surface area contributed by atoms with E-state index >= 15 is 0 Å². The van der Waals surface area contributed by atoms with E-state index in [0.29, 0.717) is 15.6 Å². The van der Waals surface area contributed by atoms with Crippen molar-refractivity contribution in [3.8, 4) is 5.88 Å². The van der Waals surface area contributed by atoms with Gasteiger partial charge in [-0.05, 0) is 30.3 Å². The average molecular weight is 305 g/mol. The molecule has 0 aliphatic rings. The molecule has 0 aliphatic carbocycles. The van der Waals surface area contributed by atoms with E-state index in [4.69, 9.17) is 23.2 Å². The lowest BCUT2D eigenvalue weighted by molar-refractivity contribution is 0.457. The van der Waals surface area contributed by atoms with E-state index in [0.717, 1.165) is 16.6 Å². The van der Waals surface area contributed by atoms with Gasteiger partial charge >= 0.3 is 0 Å². The molecule has 5 heteroatoms. The zero-order chi connectivity index (χ0) is 14.1. The average Bonchev–Trinajstić information content (AvgIpc) is 2.71. The minimum atomic E-state index is 0.0630. The Kier molecular flexibility index (Phi) is 3.38. The number of aliphatic imine (C=N–C) groups is 1. The van der Waals surface area contributed by atoms with Gasteiger partial charge in [0.25, 0.3) is 0 Å². The molecule has 0 aliphatic heterocycles. The number of hydrogen-bond donors (Lipinski definition) is 2. The molecule has 3 aromatic rings. The lowest BCUT2D eigenvalue weighted by atomic mass is 10.2.